The van der Waals surface area contributed by atoms with E-state index in [1.165, 1.54) is 12.1 Å². The van der Waals surface area contributed by atoms with Crippen molar-refractivity contribution in [3.63, 3.8) is 0 Å². The predicted molar refractivity (Wildman–Crippen MR) is 114 cm³/mol. The van der Waals surface area contributed by atoms with Crippen LogP contribution in [0, 0.1) is 0 Å². The minimum Gasteiger partial charge on any atom is -0.435 e. The summed E-state index contributed by atoms with van der Waals surface area (Å²) in [5, 5.41) is 6.05. The van der Waals surface area contributed by atoms with Gasteiger partial charge in [0.25, 0.3) is 0 Å². The Kier molecular flexibility index (Phi) is 12.7. The van der Waals surface area contributed by atoms with Crippen molar-refractivity contribution in [2.24, 2.45) is 4.99 Å². The Hall–Kier alpha value is -1.65. The molecule has 0 aliphatic rings. The smallest absolute Gasteiger partial charge is 0.387 e. The number of carbonyl (C=O) groups excluding carboxylic acids is 1. The molecular formula is C18H29F2IN4O2. The number of hydrogen-bond acceptors (Lipinski definition) is 3. The molecule has 0 fully saturated rings. The van der Waals surface area contributed by atoms with E-state index in [1.807, 2.05) is 25.8 Å². The van der Waals surface area contributed by atoms with Crippen LogP contribution in [0.3, 0.4) is 0 Å². The van der Waals surface area contributed by atoms with E-state index in [2.05, 4.69) is 20.4 Å². The number of nitrogens with zero attached hydrogens (tertiary/aromatic N) is 2. The lowest BCUT2D eigenvalue weighted by molar-refractivity contribution is -0.121. The molecule has 6 nitrogen and oxygen atoms in total. The molecule has 0 spiro atoms. The Bertz CT molecular complexity index is 585. The lowest BCUT2D eigenvalue weighted by Gasteiger charge is -2.22. The summed E-state index contributed by atoms with van der Waals surface area (Å²) >= 11 is 0. The standard InChI is InChI=1S/C18H28F2N4O2.HI/c1-5-13(2)23-16(25)10-11-22-18(21-3)24(4)12-14-6-8-15(9-7-14)26-17(19)20;/h6-9,13,17H,5,10-12H2,1-4H3,(H,21,22)(H,23,25);1H. The number of aliphatic imine (C=N–C) groups is 1. The van der Waals surface area contributed by atoms with E-state index in [0.717, 1.165) is 12.0 Å². The van der Waals surface area contributed by atoms with Crippen LogP contribution in [0.1, 0.15) is 32.3 Å². The molecule has 0 aliphatic heterocycles. The maximum absolute atomic E-state index is 12.2. The fraction of sp³-hybridized carbons (Fsp3) is 0.556. The molecule has 2 N–H and O–H groups in total. The SMILES string of the molecule is CCC(C)NC(=O)CCNC(=NC)N(C)Cc1ccc(OC(F)F)cc1.I. The molecule has 1 rings (SSSR count). The number of rotatable bonds is 9. The van der Waals surface area contributed by atoms with Gasteiger partial charge in [0.15, 0.2) is 5.96 Å². The summed E-state index contributed by atoms with van der Waals surface area (Å²) in [6, 6.07) is 6.62. The lowest BCUT2D eigenvalue weighted by Crippen LogP contribution is -2.41. The number of nitrogens with one attached hydrogen (secondary N) is 2. The number of guanidine groups is 1. The molecule has 9 heteroatoms. The van der Waals surface area contributed by atoms with Crippen LogP contribution in [0.25, 0.3) is 0 Å². The second-order valence-corrected chi connectivity index (χ2v) is 5.98. The minimum absolute atomic E-state index is 0. The van der Waals surface area contributed by atoms with E-state index in [-0.39, 0.29) is 41.7 Å². The molecule has 0 aliphatic carbocycles. The maximum Gasteiger partial charge on any atom is 0.387 e. The molecule has 1 amide bonds. The van der Waals surface area contributed by atoms with Gasteiger partial charge in [0.2, 0.25) is 5.91 Å². The van der Waals surface area contributed by atoms with Crippen molar-refractivity contribution < 1.29 is 18.3 Å². The zero-order chi connectivity index (χ0) is 19.5. The Balaban J connectivity index is 0.00000676. The summed E-state index contributed by atoms with van der Waals surface area (Å²) in [5.74, 6) is 0.773. The van der Waals surface area contributed by atoms with E-state index in [0.29, 0.717) is 25.5 Å². The molecule has 0 radical (unpaired) electrons. The Morgan fingerprint density at radius 1 is 1.30 bits per heavy atom. The van der Waals surface area contributed by atoms with Crippen LogP contribution in [0.2, 0.25) is 0 Å². The molecule has 0 aromatic heterocycles. The van der Waals surface area contributed by atoms with Gasteiger partial charge in [-0.3, -0.25) is 9.79 Å². The fourth-order valence-electron chi connectivity index (χ4n) is 2.25. The second-order valence-electron chi connectivity index (χ2n) is 5.98. The third kappa shape index (κ3) is 10.3. The van der Waals surface area contributed by atoms with Gasteiger partial charge in [-0.2, -0.15) is 8.78 Å². The summed E-state index contributed by atoms with van der Waals surface area (Å²) < 4.78 is 28.7. The highest BCUT2D eigenvalue weighted by Crippen LogP contribution is 2.15. The van der Waals surface area contributed by atoms with Gasteiger partial charge >= 0.3 is 6.61 Å². The molecule has 1 unspecified atom stereocenters. The van der Waals surface area contributed by atoms with E-state index in [1.54, 1.807) is 19.2 Å². The molecule has 0 heterocycles. The van der Waals surface area contributed by atoms with Crippen molar-refractivity contribution in [1.82, 2.24) is 15.5 Å². The number of ether oxygens (including phenoxy) is 1. The Labute approximate surface area is 176 Å². The molecule has 0 saturated heterocycles. The van der Waals surface area contributed by atoms with Crippen LogP contribution < -0.4 is 15.4 Å². The molecule has 1 aromatic carbocycles. The first-order valence-electron chi connectivity index (χ1n) is 8.60. The van der Waals surface area contributed by atoms with Crippen LogP contribution in [0.15, 0.2) is 29.3 Å². The van der Waals surface area contributed by atoms with Gasteiger partial charge in [-0.05, 0) is 31.0 Å². The lowest BCUT2D eigenvalue weighted by atomic mass is 10.2. The van der Waals surface area contributed by atoms with Crippen molar-refractivity contribution in [3.8, 4) is 5.75 Å². The van der Waals surface area contributed by atoms with Gasteiger partial charge in [-0.1, -0.05) is 19.1 Å². The van der Waals surface area contributed by atoms with Crippen LogP contribution >= 0.6 is 24.0 Å². The molecule has 0 bridgehead atoms. The fourth-order valence-corrected chi connectivity index (χ4v) is 2.25. The van der Waals surface area contributed by atoms with E-state index >= 15 is 0 Å². The molecule has 1 aromatic rings. The first-order valence-corrected chi connectivity index (χ1v) is 8.60. The summed E-state index contributed by atoms with van der Waals surface area (Å²) in [6.45, 7) is 2.17. The van der Waals surface area contributed by atoms with Gasteiger partial charge in [-0.15, -0.1) is 24.0 Å². The van der Waals surface area contributed by atoms with Gasteiger partial charge in [0.1, 0.15) is 5.75 Å². The van der Waals surface area contributed by atoms with Crippen LogP contribution in [-0.4, -0.2) is 50.1 Å². The molecule has 27 heavy (non-hydrogen) atoms. The number of amides is 1. The number of hydrogen-bond donors (Lipinski definition) is 2. The summed E-state index contributed by atoms with van der Waals surface area (Å²) in [5.41, 5.74) is 0.923. The highest BCUT2D eigenvalue weighted by atomic mass is 127. The zero-order valence-corrected chi connectivity index (χ0v) is 18.5. The summed E-state index contributed by atoms with van der Waals surface area (Å²) in [4.78, 5) is 17.9. The van der Waals surface area contributed by atoms with Crippen LogP contribution in [-0.2, 0) is 11.3 Å². The van der Waals surface area contributed by atoms with Gasteiger partial charge in [0.05, 0.1) is 0 Å². The van der Waals surface area contributed by atoms with Crippen molar-refractivity contribution in [2.75, 3.05) is 20.6 Å². The number of benzene rings is 1. The van der Waals surface area contributed by atoms with Gasteiger partial charge in [0, 0.05) is 39.6 Å². The topological polar surface area (TPSA) is 66.0 Å². The summed E-state index contributed by atoms with van der Waals surface area (Å²) in [7, 11) is 3.52. The van der Waals surface area contributed by atoms with Crippen molar-refractivity contribution >= 4 is 35.8 Å². The molecule has 1 atom stereocenters. The highest BCUT2D eigenvalue weighted by Gasteiger charge is 2.10. The number of carbonyl (C=O) groups is 1. The maximum atomic E-state index is 12.2. The monoisotopic (exact) mass is 498 g/mol. The van der Waals surface area contributed by atoms with Crippen LogP contribution in [0.4, 0.5) is 8.78 Å². The predicted octanol–water partition coefficient (Wildman–Crippen LogP) is 3.22. The largest absolute Gasteiger partial charge is 0.435 e. The quantitative estimate of drug-likeness (QED) is 0.312. The van der Waals surface area contributed by atoms with E-state index in [9.17, 15) is 13.6 Å². The molecule has 154 valence electrons. The first-order chi connectivity index (χ1) is 12.3. The van der Waals surface area contributed by atoms with E-state index < -0.39 is 6.61 Å². The third-order valence-corrected chi connectivity index (χ3v) is 3.80. The van der Waals surface area contributed by atoms with E-state index in [4.69, 9.17) is 0 Å². The minimum atomic E-state index is -2.83. The highest BCUT2D eigenvalue weighted by molar-refractivity contribution is 14.0. The average Bonchev–Trinajstić information content (AvgIpc) is 2.59. The van der Waals surface area contributed by atoms with Gasteiger partial charge < -0.3 is 20.3 Å². The van der Waals surface area contributed by atoms with Crippen molar-refractivity contribution in [2.45, 2.75) is 45.9 Å². The van der Waals surface area contributed by atoms with Gasteiger partial charge in [-0.25, -0.2) is 0 Å². The van der Waals surface area contributed by atoms with Crippen molar-refractivity contribution in [3.05, 3.63) is 29.8 Å². The number of alkyl halides is 2. The zero-order valence-electron chi connectivity index (χ0n) is 16.2. The first kappa shape index (κ1) is 25.4. The second kappa shape index (κ2) is 13.5. The normalized spacial score (nSPS) is 12.2. The Morgan fingerprint density at radius 2 is 1.93 bits per heavy atom. The average molecular weight is 498 g/mol. The molecule has 0 saturated carbocycles. The number of halogens is 3. The molecular weight excluding hydrogens is 469 g/mol. The summed E-state index contributed by atoms with van der Waals surface area (Å²) in [6.07, 6.45) is 1.25. The van der Waals surface area contributed by atoms with Crippen molar-refractivity contribution in [1.29, 1.82) is 0 Å². The Morgan fingerprint density at radius 3 is 2.44 bits per heavy atom. The third-order valence-electron chi connectivity index (χ3n) is 3.80. The van der Waals surface area contributed by atoms with Crippen LogP contribution in [0.5, 0.6) is 5.75 Å².